The van der Waals surface area contributed by atoms with Crippen LogP contribution >= 0.6 is 11.8 Å². The molecule has 1 aliphatic heterocycles. The molecule has 1 saturated heterocycles. The first-order valence-electron chi connectivity index (χ1n) is 11.4. The molecule has 34 heavy (non-hydrogen) atoms. The number of nitrogens with one attached hydrogen (secondary N) is 1. The van der Waals surface area contributed by atoms with E-state index in [4.69, 9.17) is 4.42 Å². The Morgan fingerprint density at radius 3 is 2.59 bits per heavy atom. The van der Waals surface area contributed by atoms with E-state index in [1.807, 2.05) is 54.0 Å². The lowest BCUT2D eigenvalue weighted by atomic mass is 10.2. The Balaban J connectivity index is 1.23. The third-order valence-corrected chi connectivity index (χ3v) is 6.90. The zero-order valence-corrected chi connectivity index (χ0v) is 19.9. The summed E-state index contributed by atoms with van der Waals surface area (Å²) in [4.78, 5) is 15.1. The van der Waals surface area contributed by atoms with Crippen LogP contribution in [0, 0.1) is 6.92 Å². The fraction of sp³-hybridized carbons (Fsp3) is 0.269. The first-order chi connectivity index (χ1) is 16.7. The topological polar surface area (TPSA) is 76.2 Å². The Morgan fingerprint density at radius 2 is 1.85 bits per heavy atom. The summed E-state index contributed by atoms with van der Waals surface area (Å²) in [6, 6.07) is 22.5. The van der Waals surface area contributed by atoms with Gasteiger partial charge in [0.25, 0.3) is 0 Å². The van der Waals surface area contributed by atoms with Gasteiger partial charge in [-0.1, -0.05) is 60.3 Å². The van der Waals surface area contributed by atoms with Gasteiger partial charge in [0.15, 0.2) is 11.0 Å². The van der Waals surface area contributed by atoms with E-state index in [1.54, 1.807) is 6.26 Å². The highest BCUT2D eigenvalue weighted by atomic mass is 32.2. The van der Waals surface area contributed by atoms with Gasteiger partial charge in [-0.2, -0.15) is 0 Å². The molecule has 8 heteroatoms. The Hall–Kier alpha value is -3.36. The number of hydrogen-bond acceptors (Lipinski definition) is 6. The van der Waals surface area contributed by atoms with Gasteiger partial charge in [0.05, 0.1) is 17.6 Å². The van der Waals surface area contributed by atoms with Crippen molar-refractivity contribution < 1.29 is 9.21 Å². The number of para-hydroxylation sites is 1. The van der Waals surface area contributed by atoms with E-state index >= 15 is 0 Å². The number of nitrogens with zero attached hydrogens (tertiary/aromatic N) is 4. The second-order valence-electron chi connectivity index (χ2n) is 8.43. The molecular formula is C26H27N5O2S. The molecule has 1 fully saturated rings. The lowest BCUT2D eigenvalue weighted by Crippen LogP contribution is -2.38. The van der Waals surface area contributed by atoms with E-state index in [1.165, 1.54) is 17.3 Å². The van der Waals surface area contributed by atoms with Crippen LogP contribution in [0.5, 0.6) is 0 Å². The maximum atomic E-state index is 12.8. The van der Waals surface area contributed by atoms with Gasteiger partial charge < -0.3 is 9.73 Å². The molecule has 7 nitrogen and oxygen atoms in total. The van der Waals surface area contributed by atoms with E-state index in [-0.39, 0.29) is 17.7 Å². The predicted molar refractivity (Wildman–Crippen MR) is 133 cm³/mol. The van der Waals surface area contributed by atoms with Crippen LogP contribution in [0.25, 0.3) is 17.1 Å². The monoisotopic (exact) mass is 473 g/mol. The highest BCUT2D eigenvalue weighted by Gasteiger charge is 2.25. The second kappa shape index (κ2) is 10.3. The lowest BCUT2D eigenvalue weighted by Gasteiger charge is -2.17. The van der Waals surface area contributed by atoms with Crippen molar-refractivity contribution in [3.8, 4) is 17.1 Å². The van der Waals surface area contributed by atoms with Gasteiger partial charge >= 0.3 is 0 Å². The molecule has 174 valence electrons. The van der Waals surface area contributed by atoms with Crippen molar-refractivity contribution >= 4 is 17.7 Å². The zero-order valence-electron chi connectivity index (χ0n) is 19.1. The van der Waals surface area contributed by atoms with Crippen molar-refractivity contribution in [1.29, 1.82) is 0 Å². The quantitative estimate of drug-likeness (QED) is 0.384. The van der Waals surface area contributed by atoms with Gasteiger partial charge in [0, 0.05) is 31.4 Å². The van der Waals surface area contributed by atoms with Crippen molar-refractivity contribution in [2.45, 2.75) is 31.1 Å². The van der Waals surface area contributed by atoms with E-state index in [0.29, 0.717) is 11.0 Å². The second-order valence-corrected chi connectivity index (χ2v) is 9.37. The summed E-state index contributed by atoms with van der Waals surface area (Å²) in [5, 5.41) is 12.7. The number of benzene rings is 2. The number of likely N-dealkylation sites (tertiary alicyclic amines) is 1. The molecule has 0 spiro atoms. The molecule has 1 atom stereocenters. The van der Waals surface area contributed by atoms with E-state index in [0.717, 1.165) is 43.1 Å². The van der Waals surface area contributed by atoms with E-state index in [2.05, 4.69) is 44.7 Å². The van der Waals surface area contributed by atoms with Crippen LogP contribution in [0.15, 0.2) is 82.6 Å². The van der Waals surface area contributed by atoms with Crippen LogP contribution in [-0.2, 0) is 11.3 Å². The average molecular weight is 474 g/mol. The number of carbonyl (C=O) groups is 1. The van der Waals surface area contributed by atoms with E-state index < -0.39 is 0 Å². The van der Waals surface area contributed by atoms with Crippen LogP contribution in [-0.4, -0.2) is 50.5 Å². The molecule has 4 aromatic rings. The van der Waals surface area contributed by atoms with Crippen LogP contribution in [0.1, 0.15) is 17.7 Å². The van der Waals surface area contributed by atoms with Crippen LogP contribution in [0.3, 0.4) is 0 Å². The highest BCUT2D eigenvalue weighted by Crippen LogP contribution is 2.30. The molecule has 2 aromatic carbocycles. The summed E-state index contributed by atoms with van der Waals surface area (Å²) in [7, 11) is 0. The minimum absolute atomic E-state index is 0.0141. The Kier molecular flexibility index (Phi) is 6.78. The van der Waals surface area contributed by atoms with Gasteiger partial charge in [-0.3, -0.25) is 14.3 Å². The van der Waals surface area contributed by atoms with E-state index in [9.17, 15) is 4.79 Å². The van der Waals surface area contributed by atoms with Crippen molar-refractivity contribution in [3.05, 3.63) is 84.3 Å². The largest absolute Gasteiger partial charge is 0.469 e. The highest BCUT2D eigenvalue weighted by molar-refractivity contribution is 7.99. The van der Waals surface area contributed by atoms with Crippen LogP contribution < -0.4 is 5.32 Å². The van der Waals surface area contributed by atoms with Gasteiger partial charge in [-0.25, -0.2) is 0 Å². The smallest absolute Gasteiger partial charge is 0.230 e. The molecule has 5 rings (SSSR count). The summed E-state index contributed by atoms with van der Waals surface area (Å²) in [5.74, 6) is 1.78. The molecule has 0 unspecified atom stereocenters. The standard InChI is InChI=1S/C26H27N5O2S/c1-19-23(13-15-33-19)25-28-29-26(31(25)22-10-6-3-7-11-22)34-18-24(32)27-21-12-14-30(17-21)16-20-8-4-2-5-9-20/h2-11,13,15,21H,12,14,16-18H2,1H3,(H,27,32)/t21-/m0/s1. The first kappa shape index (κ1) is 22.4. The predicted octanol–water partition coefficient (Wildman–Crippen LogP) is 4.32. The summed E-state index contributed by atoms with van der Waals surface area (Å²) >= 11 is 1.39. The number of amides is 1. The maximum absolute atomic E-state index is 12.8. The van der Waals surface area contributed by atoms with Crippen LogP contribution in [0.4, 0.5) is 0 Å². The van der Waals surface area contributed by atoms with Gasteiger partial charge in [-0.05, 0) is 37.1 Å². The molecule has 0 bridgehead atoms. The number of hydrogen-bond donors (Lipinski definition) is 1. The summed E-state index contributed by atoms with van der Waals surface area (Å²) in [5.41, 5.74) is 3.13. The molecule has 1 amide bonds. The normalized spacial score (nSPS) is 16.1. The van der Waals surface area contributed by atoms with Crippen molar-refractivity contribution in [2.75, 3.05) is 18.8 Å². The molecule has 2 aromatic heterocycles. The maximum Gasteiger partial charge on any atom is 0.230 e. The fourth-order valence-electron chi connectivity index (χ4n) is 4.30. The Bertz CT molecular complexity index is 1240. The molecule has 1 aliphatic rings. The molecule has 3 heterocycles. The van der Waals surface area contributed by atoms with Crippen molar-refractivity contribution in [3.63, 3.8) is 0 Å². The Labute approximate surface area is 203 Å². The Morgan fingerprint density at radius 1 is 1.09 bits per heavy atom. The lowest BCUT2D eigenvalue weighted by molar-refractivity contribution is -0.119. The number of rotatable bonds is 8. The number of aryl methyl sites for hydroxylation is 1. The SMILES string of the molecule is Cc1occc1-c1nnc(SCC(=O)N[C@H]2CCN(Cc3ccccc3)C2)n1-c1ccccc1. The number of thioether (sulfide) groups is 1. The number of carbonyl (C=O) groups excluding carboxylic acids is 1. The molecule has 1 N–H and O–H groups in total. The molecular weight excluding hydrogens is 446 g/mol. The van der Waals surface area contributed by atoms with Gasteiger partial charge in [0.2, 0.25) is 5.91 Å². The van der Waals surface area contributed by atoms with Crippen molar-refractivity contribution in [1.82, 2.24) is 25.0 Å². The number of furan rings is 1. The third-order valence-electron chi connectivity index (χ3n) is 5.97. The zero-order chi connectivity index (χ0) is 23.3. The molecule has 0 aliphatic carbocycles. The minimum Gasteiger partial charge on any atom is -0.469 e. The summed E-state index contributed by atoms with van der Waals surface area (Å²) in [6.45, 7) is 4.68. The molecule has 0 radical (unpaired) electrons. The third kappa shape index (κ3) is 5.08. The van der Waals surface area contributed by atoms with Crippen LogP contribution in [0.2, 0.25) is 0 Å². The minimum atomic E-state index is 0.0141. The van der Waals surface area contributed by atoms with Gasteiger partial charge in [-0.15, -0.1) is 10.2 Å². The van der Waals surface area contributed by atoms with Crippen molar-refractivity contribution in [2.24, 2.45) is 0 Å². The average Bonchev–Trinajstić information content (AvgIpc) is 3.59. The summed E-state index contributed by atoms with van der Waals surface area (Å²) < 4.78 is 7.46. The summed E-state index contributed by atoms with van der Waals surface area (Å²) in [6.07, 6.45) is 2.62. The number of aromatic nitrogens is 3. The van der Waals surface area contributed by atoms with Gasteiger partial charge in [0.1, 0.15) is 5.76 Å². The molecule has 0 saturated carbocycles. The first-order valence-corrected chi connectivity index (χ1v) is 12.4. The fourth-order valence-corrected chi connectivity index (χ4v) is 5.06.